The first-order valence-corrected chi connectivity index (χ1v) is 6.33. The van der Waals surface area contributed by atoms with Gasteiger partial charge in [-0.3, -0.25) is 9.89 Å². The molecule has 0 aromatic carbocycles. The molecule has 0 radical (unpaired) electrons. The smallest absolute Gasteiger partial charge is 0.340 e. The van der Waals surface area contributed by atoms with E-state index in [0.717, 1.165) is 6.20 Å². The standard InChI is InChI=1S/C8H12N4O5S/c1-5(13)9-2-3-11-18(16,17)7-6(8(14)15)4-10-12-7/h4,11H,2-3H2,1H3,(H,9,13)(H,10,12)(H,14,15). The Morgan fingerprint density at radius 1 is 1.44 bits per heavy atom. The van der Waals surface area contributed by atoms with Gasteiger partial charge in [-0.15, -0.1) is 0 Å². The number of nitrogens with zero attached hydrogens (tertiary/aromatic N) is 1. The number of carboxylic acid groups (broad SMARTS) is 1. The monoisotopic (exact) mass is 276 g/mol. The highest BCUT2D eigenvalue weighted by Gasteiger charge is 2.24. The number of nitrogens with one attached hydrogen (secondary N) is 3. The third-order valence-electron chi connectivity index (χ3n) is 1.89. The van der Waals surface area contributed by atoms with E-state index in [1.165, 1.54) is 6.92 Å². The van der Waals surface area contributed by atoms with Crippen molar-refractivity contribution in [3.8, 4) is 0 Å². The molecular formula is C8H12N4O5S. The molecule has 0 saturated heterocycles. The molecule has 0 unspecified atom stereocenters. The van der Waals surface area contributed by atoms with Gasteiger partial charge in [0.1, 0.15) is 5.56 Å². The number of hydrogen-bond acceptors (Lipinski definition) is 5. The summed E-state index contributed by atoms with van der Waals surface area (Å²) in [6.07, 6.45) is 0.907. The van der Waals surface area contributed by atoms with Crippen LogP contribution in [-0.4, -0.2) is 48.7 Å². The number of aromatic carboxylic acids is 1. The van der Waals surface area contributed by atoms with Crippen molar-refractivity contribution in [1.82, 2.24) is 20.2 Å². The van der Waals surface area contributed by atoms with Crippen molar-refractivity contribution in [3.63, 3.8) is 0 Å². The van der Waals surface area contributed by atoms with Crippen LogP contribution in [0.4, 0.5) is 0 Å². The van der Waals surface area contributed by atoms with E-state index in [0.29, 0.717) is 0 Å². The first-order valence-electron chi connectivity index (χ1n) is 4.85. The highest BCUT2D eigenvalue weighted by atomic mass is 32.2. The summed E-state index contributed by atoms with van der Waals surface area (Å²) in [4.78, 5) is 21.3. The molecule has 18 heavy (non-hydrogen) atoms. The van der Waals surface area contributed by atoms with E-state index in [-0.39, 0.29) is 19.0 Å². The number of aromatic nitrogens is 2. The molecule has 1 aromatic rings. The lowest BCUT2D eigenvalue weighted by molar-refractivity contribution is -0.118. The molecule has 0 atom stereocenters. The third-order valence-corrected chi connectivity index (χ3v) is 3.33. The lowest BCUT2D eigenvalue weighted by Crippen LogP contribution is -2.34. The molecular weight excluding hydrogens is 264 g/mol. The average Bonchev–Trinajstić information content (AvgIpc) is 2.73. The largest absolute Gasteiger partial charge is 0.478 e. The molecule has 1 aromatic heterocycles. The van der Waals surface area contributed by atoms with Crippen LogP contribution in [0.15, 0.2) is 11.2 Å². The third kappa shape index (κ3) is 3.53. The van der Waals surface area contributed by atoms with Crippen molar-refractivity contribution in [3.05, 3.63) is 11.8 Å². The highest BCUT2D eigenvalue weighted by Crippen LogP contribution is 2.10. The van der Waals surface area contributed by atoms with E-state index in [2.05, 4.69) is 20.2 Å². The predicted molar refractivity (Wildman–Crippen MR) is 59.4 cm³/mol. The van der Waals surface area contributed by atoms with Gasteiger partial charge >= 0.3 is 5.97 Å². The normalized spacial score (nSPS) is 11.2. The number of carbonyl (C=O) groups is 2. The van der Waals surface area contributed by atoms with Crippen molar-refractivity contribution < 1.29 is 23.1 Å². The van der Waals surface area contributed by atoms with Gasteiger partial charge in [-0.1, -0.05) is 0 Å². The zero-order valence-electron chi connectivity index (χ0n) is 9.43. The van der Waals surface area contributed by atoms with Crippen LogP contribution in [0.2, 0.25) is 0 Å². The Morgan fingerprint density at radius 2 is 2.11 bits per heavy atom. The fraction of sp³-hybridized carbons (Fsp3) is 0.375. The molecule has 1 amide bonds. The van der Waals surface area contributed by atoms with Crippen LogP contribution in [0, 0.1) is 0 Å². The maximum absolute atomic E-state index is 11.7. The summed E-state index contributed by atoms with van der Waals surface area (Å²) in [6, 6.07) is 0. The summed E-state index contributed by atoms with van der Waals surface area (Å²) in [5.41, 5.74) is -0.443. The molecule has 1 heterocycles. The summed E-state index contributed by atoms with van der Waals surface area (Å²) in [5.74, 6) is -1.69. The number of carbonyl (C=O) groups excluding carboxylic acids is 1. The fourth-order valence-corrected chi connectivity index (χ4v) is 2.25. The number of amides is 1. The average molecular weight is 276 g/mol. The summed E-state index contributed by atoms with van der Waals surface area (Å²) >= 11 is 0. The maximum Gasteiger partial charge on any atom is 0.340 e. The van der Waals surface area contributed by atoms with E-state index in [1.807, 2.05) is 0 Å². The number of H-pyrrole nitrogens is 1. The maximum atomic E-state index is 11.7. The molecule has 0 fully saturated rings. The number of rotatable bonds is 6. The van der Waals surface area contributed by atoms with Crippen LogP contribution in [0.3, 0.4) is 0 Å². The van der Waals surface area contributed by atoms with Crippen LogP contribution < -0.4 is 10.0 Å². The number of carboxylic acids is 1. The van der Waals surface area contributed by atoms with Gasteiger partial charge in [-0.05, 0) is 0 Å². The second kappa shape index (κ2) is 5.60. The van der Waals surface area contributed by atoms with Crippen LogP contribution in [-0.2, 0) is 14.8 Å². The van der Waals surface area contributed by atoms with Gasteiger partial charge in [-0.25, -0.2) is 17.9 Å². The van der Waals surface area contributed by atoms with Gasteiger partial charge in [-0.2, -0.15) is 5.10 Å². The second-order valence-electron chi connectivity index (χ2n) is 3.30. The van der Waals surface area contributed by atoms with Crippen molar-refractivity contribution in [2.75, 3.05) is 13.1 Å². The molecule has 1 rings (SSSR count). The van der Waals surface area contributed by atoms with Crippen LogP contribution in [0.25, 0.3) is 0 Å². The molecule has 10 heteroatoms. The number of aromatic amines is 1. The van der Waals surface area contributed by atoms with Gasteiger partial charge in [0.15, 0.2) is 5.03 Å². The Morgan fingerprint density at radius 3 is 2.67 bits per heavy atom. The van der Waals surface area contributed by atoms with Crippen LogP contribution >= 0.6 is 0 Å². The number of hydrogen-bond donors (Lipinski definition) is 4. The van der Waals surface area contributed by atoms with E-state index >= 15 is 0 Å². The first-order chi connectivity index (χ1) is 8.34. The Kier molecular flexibility index (Phi) is 4.39. The van der Waals surface area contributed by atoms with Crippen molar-refractivity contribution in [2.45, 2.75) is 11.9 Å². The first kappa shape index (κ1) is 14.1. The molecule has 0 aliphatic heterocycles. The quantitative estimate of drug-likeness (QED) is 0.467. The SMILES string of the molecule is CC(=O)NCCNS(=O)(=O)c1[nH]ncc1C(=O)O. The Labute approximate surface area is 103 Å². The molecule has 0 saturated carbocycles. The molecule has 0 spiro atoms. The summed E-state index contributed by atoms with van der Waals surface area (Å²) in [7, 11) is -3.99. The fourth-order valence-electron chi connectivity index (χ4n) is 1.13. The minimum atomic E-state index is -3.99. The Balaban J connectivity index is 2.72. The van der Waals surface area contributed by atoms with E-state index in [9.17, 15) is 18.0 Å². The van der Waals surface area contributed by atoms with Crippen LogP contribution in [0.1, 0.15) is 17.3 Å². The number of sulfonamides is 1. The second-order valence-corrected chi connectivity index (χ2v) is 5.00. The zero-order chi connectivity index (χ0) is 13.8. The van der Waals surface area contributed by atoms with E-state index in [4.69, 9.17) is 5.11 Å². The van der Waals surface area contributed by atoms with Gasteiger partial charge in [0, 0.05) is 20.0 Å². The summed E-state index contributed by atoms with van der Waals surface area (Å²) in [6.45, 7) is 1.34. The van der Waals surface area contributed by atoms with Crippen molar-refractivity contribution >= 4 is 21.9 Å². The Bertz CT molecular complexity index is 550. The van der Waals surface area contributed by atoms with Crippen molar-refractivity contribution in [1.29, 1.82) is 0 Å². The minimum Gasteiger partial charge on any atom is -0.478 e. The van der Waals surface area contributed by atoms with Crippen LogP contribution in [0.5, 0.6) is 0 Å². The highest BCUT2D eigenvalue weighted by molar-refractivity contribution is 7.89. The minimum absolute atomic E-state index is 0.0556. The molecule has 100 valence electrons. The Hall–Kier alpha value is -1.94. The lowest BCUT2D eigenvalue weighted by atomic mass is 10.4. The molecule has 9 nitrogen and oxygen atoms in total. The van der Waals surface area contributed by atoms with Gasteiger partial charge in [0.05, 0.1) is 6.20 Å². The predicted octanol–water partition coefficient (Wildman–Crippen LogP) is -1.48. The summed E-state index contributed by atoms with van der Waals surface area (Å²) < 4.78 is 25.5. The van der Waals surface area contributed by atoms with Gasteiger partial charge in [0.2, 0.25) is 5.91 Å². The van der Waals surface area contributed by atoms with Gasteiger partial charge < -0.3 is 10.4 Å². The van der Waals surface area contributed by atoms with Gasteiger partial charge in [0.25, 0.3) is 10.0 Å². The van der Waals surface area contributed by atoms with E-state index in [1.54, 1.807) is 0 Å². The zero-order valence-corrected chi connectivity index (χ0v) is 10.2. The lowest BCUT2D eigenvalue weighted by Gasteiger charge is -2.05. The summed E-state index contributed by atoms with van der Waals surface area (Å²) in [5, 5.41) is 16.1. The molecule has 0 bridgehead atoms. The molecule has 0 aliphatic rings. The van der Waals surface area contributed by atoms with Crippen molar-refractivity contribution in [2.24, 2.45) is 0 Å². The topological polar surface area (TPSA) is 141 Å². The van der Waals surface area contributed by atoms with E-state index < -0.39 is 26.6 Å². The molecule has 4 N–H and O–H groups in total. The molecule has 0 aliphatic carbocycles.